The lowest BCUT2D eigenvalue weighted by atomic mass is 10.3. The molecular weight excluding hydrogens is 298 g/mol. The molecule has 0 amide bonds. The average molecular weight is 306 g/mol. The fourth-order valence-electron chi connectivity index (χ4n) is 1.72. The highest BCUT2D eigenvalue weighted by molar-refractivity contribution is 7.12. The molecule has 2 aromatic heterocycles. The van der Waals surface area contributed by atoms with E-state index in [0.717, 1.165) is 9.25 Å². The fraction of sp³-hybridized carbons (Fsp3) is 0. The summed E-state index contributed by atoms with van der Waals surface area (Å²) >= 11 is 7.07. The summed E-state index contributed by atoms with van der Waals surface area (Å²) in [7, 11) is 0. The molecule has 0 aliphatic carbocycles. The number of hydrogen-bond acceptors (Lipinski definition) is 4. The lowest BCUT2D eigenvalue weighted by Crippen LogP contribution is -2.28. The van der Waals surface area contributed by atoms with Crippen LogP contribution in [0.3, 0.4) is 0 Å². The van der Waals surface area contributed by atoms with Gasteiger partial charge in [0.1, 0.15) is 6.33 Å². The molecule has 1 aromatic carbocycles. The van der Waals surface area contributed by atoms with Gasteiger partial charge in [-0.2, -0.15) is 9.78 Å². The second kappa shape index (κ2) is 5.07. The summed E-state index contributed by atoms with van der Waals surface area (Å²) in [5.74, 6) is -0.384. The Morgan fingerprint density at radius 3 is 2.60 bits per heavy atom. The third-order valence-electron chi connectivity index (χ3n) is 2.69. The molecule has 100 valence electrons. The Hall–Kier alpha value is -2.18. The largest absolute Gasteiger partial charge is 0.357 e. The van der Waals surface area contributed by atoms with Gasteiger partial charge in [-0.1, -0.05) is 17.7 Å². The van der Waals surface area contributed by atoms with E-state index in [9.17, 15) is 9.59 Å². The maximum Gasteiger partial charge on any atom is 0.357 e. The smallest absolute Gasteiger partial charge is 0.267 e. The van der Waals surface area contributed by atoms with Crippen molar-refractivity contribution in [2.24, 2.45) is 0 Å². The predicted octanol–water partition coefficient (Wildman–Crippen LogP) is 2.44. The van der Waals surface area contributed by atoms with E-state index < -0.39 is 5.69 Å². The van der Waals surface area contributed by atoms with Crippen LogP contribution >= 0.6 is 22.9 Å². The molecule has 0 N–H and O–H groups in total. The number of halogens is 1. The maximum absolute atomic E-state index is 12.2. The summed E-state index contributed by atoms with van der Waals surface area (Å²) in [6.45, 7) is 0. The van der Waals surface area contributed by atoms with Crippen LogP contribution in [-0.2, 0) is 0 Å². The highest BCUT2D eigenvalue weighted by Crippen LogP contribution is 2.12. The van der Waals surface area contributed by atoms with Gasteiger partial charge in [-0.3, -0.25) is 4.79 Å². The Morgan fingerprint density at radius 1 is 1.20 bits per heavy atom. The van der Waals surface area contributed by atoms with Crippen molar-refractivity contribution < 1.29 is 4.79 Å². The standard InChI is InChI=1S/C13H8ClN3O2S/c14-9-3-5-10(6-4-9)17-13(19)16(8-15-17)12(18)11-2-1-7-20-11/h1-8H. The molecule has 2 heterocycles. The van der Waals surface area contributed by atoms with E-state index in [1.807, 2.05) is 0 Å². The van der Waals surface area contributed by atoms with Gasteiger partial charge in [0.05, 0.1) is 10.6 Å². The number of carbonyl (C=O) groups is 1. The Labute approximate surface area is 122 Å². The molecule has 5 nitrogen and oxygen atoms in total. The molecule has 0 unspecified atom stereocenters. The van der Waals surface area contributed by atoms with Gasteiger partial charge in [-0.05, 0) is 35.7 Å². The van der Waals surface area contributed by atoms with Crippen LogP contribution in [0.25, 0.3) is 5.69 Å². The van der Waals surface area contributed by atoms with Crippen molar-refractivity contribution in [1.29, 1.82) is 0 Å². The molecular formula is C13H8ClN3O2S. The topological polar surface area (TPSA) is 56.9 Å². The van der Waals surface area contributed by atoms with Gasteiger partial charge in [0, 0.05) is 5.02 Å². The van der Waals surface area contributed by atoms with Crippen LogP contribution in [0, 0.1) is 0 Å². The minimum atomic E-state index is -0.509. The van der Waals surface area contributed by atoms with E-state index in [0.29, 0.717) is 15.6 Å². The zero-order chi connectivity index (χ0) is 14.1. The molecule has 0 radical (unpaired) electrons. The highest BCUT2D eigenvalue weighted by Gasteiger charge is 2.15. The van der Waals surface area contributed by atoms with E-state index >= 15 is 0 Å². The summed E-state index contributed by atoms with van der Waals surface area (Å²) in [6.07, 6.45) is 1.22. The molecule has 0 saturated heterocycles. The SMILES string of the molecule is O=C(c1cccs1)n1cnn(-c2ccc(Cl)cc2)c1=O. The Kier molecular flexibility index (Phi) is 3.25. The number of carbonyl (C=O) groups excluding carboxylic acids is 1. The first-order valence-electron chi connectivity index (χ1n) is 5.67. The number of thiophene rings is 1. The normalized spacial score (nSPS) is 10.7. The van der Waals surface area contributed by atoms with E-state index in [4.69, 9.17) is 11.6 Å². The first kappa shape index (κ1) is 12.8. The molecule has 0 aliphatic heterocycles. The second-order valence-corrected chi connectivity index (χ2v) is 5.34. The van der Waals surface area contributed by atoms with Crippen molar-refractivity contribution in [3.8, 4) is 5.69 Å². The van der Waals surface area contributed by atoms with Crippen molar-refractivity contribution in [3.05, 3.63) is 68.5 Å². The lowest BCUT2D eigenvalue weighted by Gasteiger charge is -1.99. The molecule has 20 heavy (non-hydrogen) atoms. The average Bonchev–Trinajstić information content (AvgIpc) is 3.09. The quantitative estimate of drug-likeness (QED) is 0.730. The fourth-order valence-corrected chi connectivity index (χ4v) is 2.51. The Bertz CT molecular complexity index is 803. The van der Waals surface area contributed by atoms with Crippen LogP contribution in [0.15, 0.2) is 52.9 Å². The molecule has 7 heteroatoms. The Morgan fingerprint density at radius 2 is 1.95 bits per heavy atom. The van der Waals surface area contributed by atoms with Crippen molar-refractivity contribution in [2.45, 2.75) is 0 Å². The highest BCUT2D eigenvalue weighted by atomic mass is 35.5. The molecule has 3 aromatic rings. The minimum Gasteiger partial charge on any atom is -0.267 e. The summed E-state index contributed by atoms with van der Waals surface area (Å²) in [5.41, 5.74) is 0.0443. The van der Waals surface area contributed by atoms with Crippen molar-refractivity contribution >= 4 is 28.8 Å². The monoisotopic (exact) mass is 305 g/mol. The molecule has 0 saturated carbocycles. The van der Waals surface area contributed by atoms with Gasteiger partial charge in [0.15, 0.2) is 0 Å². The molecule has 0 atom stereocenters. The zero-order valence-corrected chi connectivity index (χ0v) is 11.6. The van der Waals surface area contributed by atoms with Crippen molar-refractivity contribution in [3.63, 3.8) is 0 Å². The number of nitrogens with zero attached hydrogens (tertiary/aromatic N) is 3. The van der Waals surface area contributed by atoms with Crippen molar-refractivity contribution in [2.75, 3.05) is 0 Å². The predicted molar refractivity (Wildman–Crippen MR) is 76.9 cm³/mol. The zero-order valence-electron chi connectivity index (χ0n) is 10.1. The number of benzene rings is 1. The molecule has 0 bridgehead atoms. The van der Waals surface area contributed by atoms with Gasteiger partial charge in [0.2, 0.25) is 0 Å². The van der Waals surface area contributed by atoms with E-state index in [1.165, 1.54) is 17.7 Å². The van der Waals surface area contributed by atoms with Crippen LogP contribution in [0.5, 0.6) is 0 Å². The summed E-state index contributed by atoms with van der Waals surface area (Å²) in [6, 6.07) is 10.1. The molecule has 0 fully saturated rings. The van der Waals surface area contributed by atoms with Gasteiger partial charge in [-0.15, -0.1) is 11.3 Å². The van der Waals surface area contributed by atoms with E-state index in [2.05, 4.69) is 5.10 Å². The molecule has 0 spiro atoms. The van der Waals surface area contributed by atoms with Crippen LogP contribution in [-0.4, -0.2) is 20.3 Å². The van der Waals surface area contributed by atoms with Gasteiger partial charge >= 0.3 is 5.69 Å². The second-order valence-electron chi connectivity index (χ2n) is 3.95. The van der Waals surface area contributed by atoms with Gasteiger partial charge < -0.3 is 0 Å². The Balaban J connectivity index is 2.03. The van der Waals surface area contributed by atoms with Gasteiger partial charge in [0.25, 0.3) is 5.91 Å². The van der Waals surface area contributed by atoms with Gasteiger partial charge in [-0.25, -0.2) is 9.36 Å². The third kappa shape index (κ3) is 2.19. The van der Waals surface area contributed by atoms with Crippen LogP contribution < -0.4 is 5.69 Å². The summed E-state index contributed by atoms with van der Waals surface area (Å²) in [5, 5.41) is 6.30. The van der Waals surface area contributed by atoms with Crippen LogP contribution in [0.1, 0.15) is 9.67 Å². The van der Waals surface area contributed by atoms with Crippen LogP contribution in [0.2, 0.25) is 5.02 Å². The first-order chi connectivity index (χ1) is 9.66. The molecule has 0 aliphatic rings. The number of aromatic nitrogens is 3. The number of rotatable bonds is 2. The minimum absolute atomic E-state index is 0.384. The summed E-state index contributed by atoms with van der Waals surface area (Å²) in [4.78, 5) is 24.8. The molecule has 3 rings (SSSR count). The third-order valence-corrected chi connectivity index (χ3v) is 3.80. The van der Waals surface area contributed by atoms with E-state index in [1.54, 1.807) is 41.8 Å². The maximum atomic E-state index is 12.2. The first-order valence-corrected chi connectivity index (χ1v) is 6.93. The number of hydrogen-bond donors (Lipinski definition) is 0. The van der Waals surface area contributed by atoms with E-state index in [-0.39, 0.29) is 5.91 Å². The van der Waals surface area contributed by atoms with Crippen LogP contribution in [0.4, 0.5) is 0 Å². The van der Waals surface area contributed by atoms with Crippen molar-refractivity contribution in [1.82, 2.24) is 14.3 Å². The lowest BCUT2D eigenvalue weighted by molar-refractivity contribution is 0.0959. The summed E-state index contributed by atoms with van der Waals surface area (Å²) < 4.78 is 2.14.